The van der Waals surface area contributed by atoms with Gasteiger partial charge >= 0.3 is 0 Å². The molecule has 5 heteroatoms. The van der Waals surface area contributed by atoms with Gasteiger partial charge in [0.1, 0.15) is 0 Å². The third-order valence-corrected chi connectivity index (χ3v) is 2.36. The van der Waals surface area contributed by atoms with Gasteiger partial charge in [0.05, 0.1) is 17.4 Å². The molecule has 84 valence electrons. The SMILES string of the molecule is NCCCC(=O)Nc1cccc2cn[nH]c12. The van der Waals surface area contributed by atoms with Crippen molar-refractivity contribution in [1.29, 1.82) is 0 Å². The first-order valence-electron chi connectivity index (χ1n) is 5.23. The van der Waals surface area contributed by atoms with Gasteiger partial charge in [-0.1, -0.05) is 12.1 Å². The Morgan fingerprint density at radius 2 is 2.38 bits per heavy atom. The number of rotatable bonds is 4. The fraction of sp³-hybridized carbons (Fsp3) is 0.273. The lowest BCUT2D eigenvalue weighted by Crippen LogP contribution is -2.13. The van der Waals surface area contributed by atoms with Crippen LogP contribution in [0.25, 0.3) is 10.9 Å². The van der Waals surface area contributed by atoms with Gasteiger partial charge in [0.15, 0.2) is 0 Å². The van der Waals surface area contributed by atoms with E-state index in [9.17, 15) is 4.79 Å². The number of nitrogens with zero attached hydrogens (tertiary/aromatic N) is 1. The van der Waals surface area contributed by atoms with Crippen molar-refractivity contribution in [2.45, 2.75) is 12.8 Å². The van der Waals surface area contributed by atoms with Crippen molar-refractivity contribution in [3.63, 3.8) is 0 Å². The number of amides is 1. The number of nitrogens with two attached hydrogens (primary N) is 1. The lowest BCUT2D eigenvalue weighted by molar-refractivity contribution is -0.116. The molecular weight excluding hydrogens is 204 g/mol. The van der Waals surface area contributed by atoms with Crippen LogP contribution in [-0.2, 0) is 4.79 Å². The first-order valence-corrected chi connectivity index (χ1v) is 5.23. The quantitative estimate of drug-likeness (QED) is 0.721. The van der Waals surface area contributed by atoms with E-state index in [4.69, 9.17) is 5.73 Å². The van der Waals surface area contributed by atoms with E-state index in [1.165, 1.54) is 0 Å². The van der Waals surface area contributed by atoms with Gasteiger partial charge in [-0.15, -0.1) is 0 Å². The van der Waals surface area contributed by atoms with E-state index in [1.807, 2.05) is 18.2 Å². The molecule has 0 saturated carbocycles. The summed E-state index contributed by atoms with van der Waals surface area (Å²) in [5.41, 5.74) is 6.96. The summed E-state index contributed by atoms with van der Waals surface area (Å²) in [6.45, 7) is 0.529. The molecule has 2 aromatic rings. The lowest BCUT2D eigenvalue weighted by Gasteiger charge is -2.05. The van der Waals surface area contributed by atoms with Crippen LogP contribution in [0.2, 0.25) is 0 Å². The number of H-pyrrole nitrogens is 1. The average Bonchev–Trinajstić information content (AvgIpc) is 2.75. The van der Waals surface area contributed by atoms with Gasteiger partial charge in [-0.3, -0.25) is 9.89 Å². The van der Waals surface area contributed by atoms with Gasteiger partial charge in [0.25, 0.3) is 0 Å². The summed E-state index contributed by atoms with van der Waals surface area (Å²) < 4.78 is 0. The molecule has 0 atom stereocenters. The van der Waals surface area contributed by atoms with Gasteiger partial charge in [-0.2, -0.15) is 5.10 Å². The van der Waals surface area contributed by atoms with Crippen molar-refractivity contribution in [1.82, 2.24) is 10.2 Å². The third kappa shape index (κ3) is 2.20. The molecule has 1 aromatic carbocycles. The zero-order chi connectivity index (χ0) is 11.4. The van der Waals surface area contributed by atoms with E-state index in [1.54, 1.807) is 6.20 Å². The molecule has 1 heterocycles. The molecule has 16 heavy (non-hydrogen) atoms. The number of hydrogen-bond donors (Lipinski definition) is 3. The Hall–Kier alpha value is -1.88. The van der Waals surface area contributed by atoms with Crippen LogP contribution in [-0.4, -0.2) is 22.6 Å². The van der Waals surface area contributed by atoms with Crippen molar-refractivity contribution >= 4 is 22.5 Å². The highest BCUT2D eigenvalue weighted by molar-refractivity contribution is 6.00. The number of anilines is 1. The van der Waals surface area contributed by atoms with Gasteiger partial charge < -0.3 is 11.1 Å². The van der Waals surface area contributed by atoms with E-state index in [0.717, 1.165) is 16.6 Å². The Morgan fingerprint density at radius 3 is 3.19 bits per heavy atom. The third-order valence-electron chi connectivity index (χ3n) is 2.36. The Labute approximate surface area is 93.0 Å². The highest BCUT2D eigenvalue weighted by atomic mass is 16.1. The maximum Gasteiger partial charge on any atom is 0.224 e. The van der Waals surface area contributed by atoms with Crippen LogP contribution in [0.15, 0.2) is 24.4 Å². The molecule has 2 rings (SSSR count). The molecule has 1 amide bonds. The number of aromatic amines is 1. The molecule has 0 fully saturated rings. The van der Waals surface area contributed by atoms with E-state index < -0.39 is 0 Å². The molecular formula is C11H14N4O. The van der Waals surface area contributed by atoms with Crippen LogP contribution in [0.5, 0.6) is 0 Å². The number of aromatic nitrogens is 2. The lowest BCUT2D eigenvalue weighted by atomic mass is 10.2. The molecule has 0 bridgehead atoms. The number of carbonyl (C=O) groups excluding carboxylic acids is 1. The zero-order valence-electron chi connectivity index (χ0n) is 8.86. The van der Waals surface area contributed by atoms with Crippen molar-refractivity contribution in [2.75, 3.05) is 11.9 Å². The largest absolute Gasteiger partial charge is 0.330 e. The van der Waals surface area contributed by atoms with Gasteiger partial charge in [-0.25, -0.2) is 0 Å². The Kier molecular flexibility index (Phi) is 3.16. The van der Waals surface area contributed by atoms with Crippen LogP contribution in [0.4, 0.5) is 5.69 Å². The summed E-state index contributed by atoms with van der Waals surface area (Å²) >= 11 is 0. The van der Waals surface area contributed by atoms with Gasteiger partial charge in [0.2, 0.25) is 5.91 Å². The monoisotopic (exact) mass is 218 g/mol. The molecule has 4 N–H and O–H groups in total. The fourth-order valence-corrected chi connectivity index (χ4v) is 1.55. The smallest absolute Gasteiger partial charge is 0.224 e. The Balaban J connectivity index is 2.14. The van der Waals surface area contributed by atoms with E-state index in [2.05, 4.69) is 15.5 Å². The first kappa shape index (κ1) is 10.6. The van der Waals surface area contributed by atoms with Crippen molar-refractivity contribution < 1.29 is 4.79 Å². The molecule has 0 aliphatic heterocycles. The zero-order valence-corrected chi connectivity index (χ0v) is 8.86. The standard InChI is InChI=1S/C11H14N4O/c12-6-2-5-10(16)14-9-4-1-3-8-7-13-15-11(8)9/h1,3-4,7H,2,5-6,12H2,(H,13,15)(H,14,16). The van der Waals surface area contributed by atoms with E-state index in [-0.39, 0.29) is 5.91 Å². The number of carbonyl (C=O) groups is 1. The Bertz CT molecular complexity index is 491. The van der Waals surface area contributed by atoms with Crippen LogP contribution in [0.3, 0.4) is 0 Å². The predicted molar refractivity (Wildman–Crippen MR) is 63.0 cm³/mol. The minimum atomic E-state index is -0.0208. The predicted octanol–water partition coefficient (Wildman–Crippen LogP) is 1.24. The summed E-state index contributed by atoms with van der Waals surface area (Å²) in [6, 6.07) is 5.67. The maximum atomic E-state index is 11.5. The van der Waals surface area contributed by atoms with Crippen molar-refractivity contribution in [3.8, 4) is 0 Å². The van der Waals surface area contributed by atoms with E-state index in [0.29, 0.717) is 19.4 Å². The number of benzene rings is 1. The van der Waals surface area contributed by atoms with Crippen LogP contribution >= 0.6 is 0 Å². The summed E-state index contributed by atoms with van der Waals surface area (Å²) in [5, 5.41) is 10.6. The second-order valence-electron chi connectivity index (χ2n) is 3.58. The van der Waals surface area contributed by atoms with E-state index >= 15 is 0 Å². The highest BCUT2D eigenvalue weighted by Crippen LogP contribution is 2.20. The number of para-hydroxylation sites is 1. The molecule has 0 aliphatic rings. The molecule has 0 unspecified atom stereocenters. The minimum absolute atomic E-state index is 0.0208. The fourth-order valence-electron chi connectivity index (χ4n) is 1.55. The molecule has 1 aromatic heterocycles. The molecule has 0 radical (unpaired) electrons. The van der Waals surface area contributed by atoms with Crippen LogP contribution in [0, 0.1) is 0 Å². The molecule has 5 nitrogen and oxygen atoms in total. The summed E-state index contributed by atoms with van der Waals surface area (Å²) in [6.07, 6.45) is 2.87. The average molecular weight is 218 g/mol. The number of fused-ring (bicyclic) bond motifs is 1. The molecule has 0 aliphatic carbocycles. The van der Waals surface area contributed by atoms with Crippen LogP contribution in [0.1, 0.15) is 12.8 Å². The maximum absolute atomic E-state index is 11.5. The topological polar surface area (TPSA) is 83.8 Å². The number of hydrogen-bond acceptors (Lipinski definition) is 3. The second-order valence-corrected chi connectivity index (χ2v) is 3.58. The summed E-state index contributed by atoms with van der Waals surface area (Å²) in [5.74, 6) is -0.0208. The molecule has 0 spiro atoms. The van der Waals surface area contributed by atoms with Gasteiger partial charge in [-0.05, 0) is 19.0 Å². The highest BCUT2D eigenvalue weighted by Gasteiger charge is 2.06. The second kappa shape index (κ2) is 4.76. The first-order chi connectivity index (χ1) is 7.81. The molecule has 0 saturated heterocycles. The van der Waals surface area contributed by atoms with Crippen molar-refractivity contribution in [3.05, 3.63) is 24.4 Å². The van der Waals surface area contributed by atoms with Gasteiger partial charge in [0, 0.05) is 11.8 Å². The normalized spacial score (nSPS) is 10.6. The Morgan fingerprint density at radius 1 is 1.50 bits per heavy atom. The summed E-state index contributed by atoms with van der Waals surface area (Å²) in [4.78, 5) is 11.5. The number of nitrogens with one attached hydrogen (secondary N) is 2. The van der Waals surface area contributed by atoms with Crippen molar-refractivity contribution in [2.24, 2.45) is 5.73 Å². The van der Waals surface area contributed by atoms with Crippen LogP contribution < -0.4 is 11.1 Å². The minimum Gasteiger partial charge on any atom is -0.330 e. The summed E-state index contributed by atoms with van der Waals surface area (Å²) in [7, 11) is 0.